The van der Waals surface area contributed by atoms with Gasteiger partial charge in [-0.15, -0.1) is 0 Å². The lowest BCUT2D eigenvalue weighted by molar-refractivity contribution is -0.138. The maximum atomic E-state index is 12.5. The van der Waals surface area contributed by atoms with E-state index in [2.05, 4.69) is 4.98 Å². The fraction of sp³-hybridized carbons (Fsp3) is 0.333. The quantitative estimate of drug-likeness (QED) is 0.826. The Kier molecular flexibility index (Phi) is 3.73. The molecule has 0 unspecified atom stereocenters. The van der Waals surface area contributed by atoms with Crippen molar-refractivity contribution < 1.29 is 31.9 Å². The minimum atomic E-state index is -4.88. The minimum Gasteiger partial charge on any atom is -0.481 e. The highest BCUT2D eigenvalue weighted by molar-refractivity contribution is 5.71. The monoisotopic (exact) mass is 270 g/mol. The largest absolute Gasteiger partial charge is 0.481 e. The molecule has 0 atom stereocenters. The molecule has 100 valence electrons. The molecule has 0 aliphatic heterocycles. The molecule has 0 bridgehead atoms. The predicted molar refractivity (Wildman–Crippen MR) is 49.9 cm³/mol. The van der Waals surface area contributed by atoms with E-state index in [4.69, 9.17) is 10.8 Å². The predicted octanol–water partition coefficient (Wildman–Crippen LogP) is 2.25. The van der Waals surface area contributed by atoms with Gasteiger partial charge in [0.25, 0.3) is 6.43 Å². The molecule has 0 spiro atoms. The Bertz CT molecular complexity index is 473. The average Bonchev–Trinajstić information content (AvgIpc) is 2.17. The average molecular weight is 270 g/mol. The highest BCUT2D eigenvalue weighted by Crippen LogP contribution is 2.35. The van der Waals surface area contributed by atoms with Crippen LogP contribution in [0.3, 0.4) is 0 Å². The van der Waals surface area contributed by atoms with Crippen molar-refractivity contribution in [2.45, 2.75) is 19.0 Å². The second-order valence-electron chi connectivity index (χ2n) is 3.33. The first-order valence-corrected chi connectivity index (χ1v) is 4.49. The zero-order valence-electron chi connectivity index (χ0n) is 8.63. The SMILES string of the molecule is Nc1nc(C(F)F)c(CC(=O)O)cc1C(F)(F)F. The minimum absolute atomic E-state index is 0.290. The van der Waals surface area contributed by atoms with Crippen LogP contribution in [-0.4, -0.2) is 16.1 Å². The summed E-state index contributed by atoms with van der Waals surface area (Å²) in [7, 11) is 0. The maximum absolute atomic E-state index is 12.5. The van der Waals surface area contributed by atoms with E-state index in [9.17, 15) is 26.7 Å². The van der Waals surface area contributed by atoms with E-state index in [0.717, 1.165) is 0 Å². The lowest BCUT2D eigenvalue weighted by atomic mass is 10.1. The lowest BCUT2D eigenvalue weighted by Crippen LogP contribution is -2.15. The first-order valence-electron chi connectivity index (χ1n) is 4.49. The van der Waals surface area contributed by atoms with Gasteiger partial charge in [0, 0.05) is 0 Å². The van der Waals surface area contributed by atoms with E-state index in [1.165, 1.54) is 0 Å². The van der Waals surface area contributed by atoms with Crippen molar-refractivity contribution in [3.05, 3.63) is 22.9 Å². The first kappa shape index (κ1) is 14.1. The van der Waals surface area contributed by atoms with Crippen molar-refractivity contribution >= 4 is 11.8 Å². The Morgan fingerprint density at radius 1 is 1.44 bits per heavy atom. The summed E-state index contributed by atoms with van der Waals surface area (Å²) in [6, 6.07) is 0.290. The number of aliphatic carboxylic acids is 1. The number of carbonyl (C=O) groups is 1. The third-order valence-electron chi connectivity index (χ3n) is 2.02. The number of hydrogen-bond donors (Lipinski definition) is 2. The van der Waals surface area contributed by atoms with Crippen molar-refractivity contribution in [3.8, 4) is 0 Å². The van der Waals surface area contributed by atoms with Crippen LogP contribution >= 0.6 is 0 Å². The van der Waals surface area contributed by atoms with Gasteiger partial charge in [0.2, 0.25) is 0 Å². The van der Waals surface area contributed by atoms with Gasteiger partial charge in [0.05, 0.1) is 12.0 Å². The summed E-state index contributed by atoms with van der Waals surface area (Å²) in [5.74, 6) is -2.65. The van der Waals surface area contributed by atoms with Crippen LogP contribution in [0.15, 0.2) is 6.07 Å². The molecule has 9 heteroatoms. The van der Waals surface area contributed by atoms with Gasteiger partial charge in [-0.3, -0.25) is 4.79 Å². The number of hydrogen-bond acceptors (Lipinski definition) is 3. The number of carboxylic acids is 1. The molecule has 0 saturated carbocycles. The molecule has 0 aromatic carbocycles. The van der Waals surface area contributed by atoms with Crippen molar-refractivity contribution in [3.63, 3.8) is 0 Å². The Hall–Kier alpha value is -1.93. The van der Waals surface area contributed by atoms with E-state index in [1.807, 2.05) is 0 Å². The van der Waals surface area contributed by atoms with Gasteiger partial charge in [-0.2, -0.15) is 13.2 Å². The summed E-state index contributed by atoms with van der Waals surface area (Å²) in [6.07, 6.45) is -9.08. The summed E-state index contributed by atoms with van der Waals surface area (Å²) in [5.41, 5.74) is 1.74. The number of nitrogens with zero attached hydrogens (tertiary/aromatic N) is 1. The number of nitrogens with two attached hydrogens (primary N) is 1. The van der Waals surface area contributed by atoms with Crippen LogP contribution in [0, 0.1) is 0 Å². The molecule has 0 aliphatic rings. The van der Waals surface area contributed by atoms with Crippen molar-refractivity contribution in [2.75, 3.05) is 5.73 Å². The van der Waals surface area contributed by atoms with Gasteiger partial charge < -0.3 is 10.8 Å². The Morgan fingerprint density at radius 3 is 2.39 bits per heavy atom. The molecular weight excluding hydrogens is 263 g/mol. The third kappa shape index (κ3) is 3.05. The standard InChI is InChI=1S/C9H7F5N2O2/c10-7(11)6-3(2-5(17)18)1-4(8(15)16-6)9(12,13)14/h1,7H,2H2,(H2,15,16)(H,17,18). The smallest absolute Gasteiger partial charge is 0.419 e. The number of carboxylic acid groups (broad SMARTS) is 1. The van der Waals surface area contributed by atoms with Crippen LogP contribution < -0.4 is 5.73 Å². The number of pyridine rings is 1. The van der Waals surface area contributed by atoms with Crippen molar-refractivity contribution in [1.29, 1.82) is 0 Å². The molecule has 4 nitrogen and oxygen atoms in total. The topological polar surface area (TPSA) is 76.2 Å². The molecule has 0 radical (unpaired) electrons. The summed E-state index contributed by atoms with van der Waals surface area (Å²) >= 11 is 0. The van der Waals surface area contributed by atoms with Gasteiger partial charge in [-0.05, 0) is 11.6 Å². The molecular formula is C9H7F5N2O2. The molecule has 18 heavy (non-hydrogen) atoms. The second-order valence-corrected chi connectivity index (χ2v) is 3.33. The number of alkyl halides is 5. The molecule has 1 aromatic heterocycles. The number of nitrogen functional groups attached to an aromatic ring is 1. The molecule has 0 saturated heterocycles. The van der Waals surface area contributed by atoms with Crippen molar-refractivity contribution in [1.82, 2.24) is 4.98 Å². The highest BCUT2D eigenvalue weighted by atomic mass is 19.4. The van der Waals surface area contributed by atoms with Gasteiger partial charge in [0.15, 0.2) is 0 Å². The molecule has 1 heterocycles. The van der Waals surface area contributed by atoms with Gasteiger partial charge >= 0.3 is 12.1 Å². The highest BCUT2D eigenvalue weighted by Gasteiger charge is 2.35. The zero-order chi connectivity index (χ0) is 14.1. The van der Waals surface area contributed by atoms with Gasteiger partial charge in [0.1, 0.15) is 11.5 Å². The molecule has 0 fully saturated rings. The second kappa shape index (κ2) is 4.75. The fourth-order valence-electron chi connectivity index (χ4n) is 1.30. The van der Waals surface area contributed by atoms with Crippen LogP contribution in [-0.2, 0) is 17.4 Å². The van der Waals surface area contributed by atoms with E-state index >= 15 is 0 Å². The number of anilines is 1. The van der Waals surface area contributed by atoms with E-state index < -0.39 is 47.6 Å². The molecule has 1 aromatic rings. The van der Waals surface area contributed by atoms with Gasteiger partial charge in [-0.1, -0.05) is 0 Å². The van der Waals surface area contributed by atoms with Crippen LogP contribution in [0.5, 0.6) is 0 Å². The van der Waals surface area contributed by atoms with Crippen LogP contribution in [0.4, 0.5) is 27.8 Å². The van der Waals surface area contributed by atoms with E-state index in [0.29, 0.717) is 0 Å². The van der Waals surface area contributed by atoms with Crippen molar-refractivity contribution in [2.24, 2.45) is 0 Å². The van der Waals surface area contributed by atoms with Gasteiger partial charge in [-0.25, -0.2) is 13.8 Å². The molecule has 3 N–H and O–H groups in total. The van der Waals surface area contributed by atoms with Crippen LogP contribution in [0.2, 0.25) is 0 Å². The third-order valence-corrected chi connectivity index (χ3v) is 2.02. The summed E-state index contributed by atoms with van der Waals surface area (Å²) < 4.78 is 62.3. The molecule has 1 rings (SSSR count). The Morgan fingerprint density at radius 2 is 2.00 bits per heavy atom. The Balaban J connectivity index is 3.40. The first-order chi connectivity index (χ1) is 8.12. The summed E-state index contributed by atoms with van der Waals surface area (Å²) in [5, 5.41) is 8.45. The molecule has 0 amide bonds. The van der Waals surface area contributed by atoms with Crippen LogP contribution in [0.25, 0.3) is 0 Å². The fourth-order valence-corrected chi connectivity index (χ4v) is 1.30. The number of aromatic nitrogens is 1. The summed E-state index contributed by atoms with van der Waals surface area (Å²) in [6.45, 7) is 0. The number of halogens is 5. The summed E-state index contributed by atoms with van der Waals surface area (Å²) in [4.78, 5) is 13.3. The van der Waals surface area contributed by atoms with Crippen LogP contribution in [0.1, 0.15) is 23.2 Å². The van der Waals surface area contributed by atoms with E-state index in [-0.39, 0.29) is 6.07 Å². The number of rotatable bonds is 3. The normalized spacial score (nSPS) is 11.9. The van der Waals surface area contributed by atoms with E-state index in [1.54, 1.807) is 0 Å². The zero-order valence-corrected chi connectivity index (χ0v) is 8.63. The Labute approximate surface area is 97.2 Å². The molecule has 0 aliphatic carbocycles. The lowest BCUT2D eigenvalue weighted by Gasteiger charge is -2.13. The maximum Gasteiger partial charge on any atom is 0.419 e.